The van der Waals surface area contributed by atoms with Gasteiger partial charge in [-0.3, -0.25) is 14.9 Å². The van der Waals surface area contributed by atoms with E-state index < -0.39 is 11.2 Å². The van der Waals surface area contributed by atoms with Gasteiger partial charge in [-0.2, -0.15) is 0 Å². The summed E-state index contributed by atoms with van der Waals surface area (Å²) in [6.07, 6.45) is -0.435. The van der Waals surface area contributed by atoms with Gasteiger partial charge >= 0.3 is 0 Å². The molecule has 0 amide bonds. The van der Waals surface area contributed by atoms with Crippen molar-refractivity contribution in [1.82, 2.24) is 0 Å². The summed E-state index contributed by atoms with van der Waals surface area (Å²) in [5, 5.41) is 21.7. The lowest BCUT2D eigenvalue weighted by molar-refractivity contribution is -0.385. The lowest BCUT2D eigenvalue weighted by Gasteiger charge is -2.44. The number of rotatable bonds is 2. The SMILES string of the molecule is O=C1C[C@H](c2ccccc2)[C@H]2[C@@H](O)Oc3ccc([N+](=O)[O-])cc3[C@@H]2C1. The third kappa shape index (κ3) is 2.68. The molecule has 1 N–H and O–H groups in total. The summed E-state index contributed by atoms with van der Waals surface area (Å²) in [7, 11) is 0. The molecule has 0 unspecified atom stereocenters. The van der Waals surface area contributed by atoms with E-state index >= 15 is 0 Å². The molecule has 0 radical (unpaired) electrons. The monoisotopic (exact) mass is 339 g/mol. The van der Waals surface area contributed by atoms with E-state index in [1.54, 1.807) is 0 Å². The first-order chi connectivity index (χ1) is 12.0. The Labute approximate surface area is 144 Å². The van der Waals surface area contributed by atoms with Crippen LogP contribution in [0.25, 0.3) is 0 Å². The molecule has 1 aliphatic heterocycles. The molecular formula is C19H17NO5. The highest BCUT2D eigenvalue weighted by Gasteiger charge is 2.47. The standard InChI is InChI=1S/C19H17NO5/c21-13-9-14(11-4-2-1-3-5-11)18-16(10-13)15-8-12(20(23)24)6-7-17(15)25-19(18)22/h1-8,14,16,18-19,22H,9-10H2/t14-,16+,18-,19+/m1/s1. The van der Waals surface area contributed by atoms with Crippen molar-refractivity contribution in [3.8, 4) is 5.75 Å². The number of aliphatic hydroxyl groups is 1. The van der Waals surface area contributed by atoms with Crippen LogP contribution < -0.4 is 4.74 Å². The first-order valence-corrected chi connectivity index (χ1v) is 8.24. The number of nitrogens with zero attached hydrogens (tertiary/aromatic N) is 1. The van der Waals surface area contributed by atoms with Crippen LogP contribution in [0.4, 0.5) is 5.69 Å². The van der Waals surface area contributed by atoms with Crippen LogP contribution in [0, 0.1) is 16.0 Å². The average molecular weight is 339 g/mol. The highest BCUT2D eigenvalue weighted by Crippen LogP contribution is 2.52. The molecule has 4 atom stereocenters. The van der Waals surface area contributed by atoms with Gasteiger partial charge in [-0.15, -0.1) is 0 Å². The van der Waals surface area contributed by atoms with Crippen molar-refractivity contribution in [2.24, 2.45) is 5.92 Å². The number of nitro benzene ring substituents is 1. The van der Waals surface area contributed by atoms with Crippen molar-refractivity contribution < 1.29 is 19.6 Å². The minimum atomic E-state index is -1.04. The maximum Gasteiger partial charge on any atom is 0.269 e. The number of nitro groups is 1. The second kappa shape index (κ2) is 5.97. The van der Waals surface area contributed by atoms with Gasteiger partial charge < -0.3 is 9.84 Å². The molecule has 0 bridgehead atoms. The Hall–Kier alpha value is -2.73. The number of hydrogen-bond acceptors (Lipinski definition) is 5. The van der Waals surface area contributed by atoms with E-state index in [-0.39, 0.29) is 35.6 Å². The number of hydrogen-bond donors (Lipinski definition) is 1. The molecule has 2 aliphatic rings. The topological polar surface area (TPSA) is 89.7 Å². The Bertz CT molecular complexity index is 835. The van der Waals surface area contributed by atoms with Crippen molar-refractivity contribution in [3.05, 3.63) is 69.8 Å². The summed E-state index contributed by atoms with van der Waals surface area (Å²) < 4.78 is 5.64. The number of carbonyl (C=O) groups excluding carboxylic acids is 1. The molecule has 2 aromatic rings. The second-order valence-corrected chi connectivity index (χ2v) is 6.64. The molecule has 1 heterocycles. The highest BCUT2D eigenvalue weighted by molar-refractivity contribution is 5.82. The van der Waals surface area contributed by atoms with Crippen molar-refractivity contribution >= 4 is 11.5 Å². The number of Topliss-reactive ketones (excluding diaryl/α,β-unsaturated/α-hetero) is 1. The van der Waals surface area contributed by atoms with Gasteiger partial charge in [0.2, 0.25) is 6.29 Å². The zero-order valence-corrected chi connectivity index (χ0v) is 13.4. The number of ether oxygens (including phenoxy) is 1. The molecule has 4 rings (SSSR count). The van der Waals surface area contributed by atoms with Crippen LogP contribution in [0.3, 0.4) is 0 Å². The largest absolute Gasteiger partial charge is 0.465 e. The van der Waals surface area contributed by atoms with E-state index in [1.807, 2.05) is 30.3 Å². The molecule has 6 nitrogen and oxygen atoms in total. The lowest BCUT2D eigenvalue weighted by Crippen LogP contribution is -2.43. The van der Waals surface area contributed by atoms with E-state index in [0.717, 1.165) is 5.56 Å². The van der Waals surface area contributed by atoms with Gasteiger partial charge in [0, 0.05) is 48.3 Å². The minimum Gasteiger partial charge on any atom is -0.465 e. The van der Waals surface area contributed by atoms with Crippen LogP contribution in [0.2, 0.25) is 0 Å². The van der Waals surface area contributed by atoms with E-state index in [0.29, 0.717) is 17.7 Å². The third-order valence-corrected chi connectivity index (χ3v) is 5.23. The first-order valence-electron chi connectivity index (χ1n) is 8.24. The molecule has 2 aromatic carbocycles. The van der Waals surface area contributed by atoms with E-state index in [2.05, 4.69) is 0 Å². The quantitative estimate of drug-likeness (QED) is 0.670. The van der Waals surface area contributed by atoms with Gasteiger partial charge in [-0.1, -0.05) is 30.3 Å². The van der Waals surface area contributed by atoms with Crippen molar-refractivity contribution in [1.29, 1.82) is 0 Å². The van der Waals surface area contributed by atoms with E-state index in [1.165, 1.54) is 18.2 Å². The summed E-state index contributed by atoms with van der Waals surface area (Å²) in [6, 6.07) is 13.9. The average Bonchev–Trinajstić information content (AvgIpc) is 2.61. The van der Waals surface area contributed by atoms with Crippen LogP contribution in [0.15, 0.2) is 48.5 Å². The Morgan fingerprint density at radius 2 is 1.80 bits per heavy atom. The molecule has 0 spiro atoms. The van der Waals surface area contributed by atoms with Crippen LogP contribution >= 0.6 is 0 Å². The Balaban J connectivity index is 1.80. The van der Waals surface area contributed by atoms with Gasteiger partial charge in [-0.25, -0.2) is 0 Å². The summed E-state index contributed by atoms with van der Waals surface area (Å²) in [5.74, 6) is -0.253. The van der Waals surface area contributed by atoms with Gasteiger partial charge in [0.1, 0.15) is 11.5 Å². The van der Waals surface area contributed by atoms with E-state index in [9.17, 15) is 20.0 Å². The highest BCUT2D eigenvalue weighted by atomic mass is 16.6. The molecule has 128 valence electrons. The summed E-state index contributed by atoms with van der Waals surface area (Å²) in [6.45, 7) is 0. The van der Waals surface area contributed by atoms with Crippen molar-refractivity contribution in [3.63, 3.8) is 0 Å². The number of benzene rings is 2. The zero-order chi connectivity index (χ0) is 17.6. The summed E-state index contributed by atoms with van der Waals surface area (Å²) in [4.78, 5) is 23.0. The van der Waals surface area contributed by atoms with Gasteiger partial charge in [0.25, 0.3) is 5.69 Å². The van der Waals surface area contributed by atoms with Gasteiger partial charge in [0.15, 0.2) is 0 Å². The fourth-order valence-corrected chi connectivity index (χ4v) is 4.14. The maximum absolute atomic E-state index is 12.4. The second-order valence-electron chi connectivity index (χ2n) is 6.64. The van der Waals surface area contributed by atoms with Crippen LogP contribution in [0.1, 0.15) is 35.8 Å². The molecule has 0 saturated heterocycles. The normalized spacial score (nSPS) is 27.8. The van der Waals surface area contributed by atoms with Crippen molar-refractivity contribution in [2.75, 3.05) is 0 Å². The Morgan fingerprint density at radius 1 is 1.08 bits per heavy atom. The number of fused-ring (bicyclic) bond motifs is 3. The molecule has 25 heavy (non-hydrogen) atoms. The fourth-order valence-electron chi connectivity index (χ4n) is 4.14. The molecule has 1 fully saturated rings. The number of ketones is 1. The lowest BCUT2D eigenvalue weighted by atomic mass is 9.65. The Morgan fingerprint density at radius 3 is 2.52 bits per heavy atom. The summed E-state index contributed by atoms with van der Waals surface area (Å²) >= 11 is 0. The smallest absolute Gasteiger partial charge is 0.269 e. The fraction of sp³-hybridized carbons (Fsp3) is 0.316. The Kier molecular flexibility index (Phi) is 3.77. The molecule has 0 aromatic heterocycles. The number of carbonyl (C=O) groups is 1. The summed E-state index contributed by atoms with van der Waals surface area (Å²) in [5.41, 5.74) is 1.58. The van der Waals surface area contributed by atoms with Crippen LogP contribution in [0.5, 0.6) is 5.75 Å². The van der Waals surface area contributed by atoms with Crippen LogP contribution in [-0.4, -0.2) is 22.1 Å². The maximum atomic E-state index is 12.4. The minimum absolute atomic E-state index is 0.0354. The zero-order valence-electron chi connectivity index (χ0n) is 13.4. The van der Waals surface area contributed by atoms with Crippen molar-refractivity contribution in [2.45, 2.75) is 31.0 Å². The van der Waals surface area contributed by atoms with Gasteiger partial charge in [-0.05, 0) is 11.6 Å². The number of non-ortho nitro benzene ring substituents is 1. The third-order valence-electron chi connectivity index (χ3n) is 5.23. The molecule has 1 aliphatic carbocycles. The van der Waals surface area contributed by atoms with E-state index in [4.69, 9.17) is 4.74 Å². The number of aliphatic hydroxyl groups excluding tert-OH is 1. The van der Waals surface area contributed by atoms with Crippen LogP contribution in [-0.2, 0) is 4.79 Å². The first kappa shape index (κ1) is 15.8. The molecule has 1 saturated carbocycles. The predicted molar refractivity (Wildman–Crippen MR) is 89.4 cm³/mol. The predicted octanol–water partition coefficient (Wildman–Crippen LogP) is 3.15. The molecule has 6 heteroatoms. The molecular weight excluding hydrogens is 322 g/mol. The van der Waals surface area contributed by atoms with Gasteiger partial charge in [0.05, 0.1) is 4.92 Å².